The van der Waals surface area contributed by atoms with E-state index < -0.39 is 29.7 Å². The molecule has 0 heterocycles. The second-order valence-electron chi connectivity index (χ2n) is 5.98. The Morgan fingerprint density at radius 3 is 2.05 bits per heavy atom. The zero-order valence-corrected chi connectivity index (χ0v) is 16.1. The first-order valence-electron chi connectivity index (χ1n) is 6.86. The van der Waals surface area contributed by atoms with Gasteiger partial charge in [-0.15, -0.1) is 0 Å². The molecule has 21 heavy (non-hydrogen) atoms. The molecular weight excluding hydrogens is 355 g/mol. The Hall–Kier alpha value is 0.0269. The topological polar surface area (TPSA) is 52.6 Å². The summed E-state index contributed by atoms with van der Waals surface area (Å²) in [6, 6.07) is 1.01. The van der Waals surface area contributed by atoms with E-state index in [-0.39, 0.29) is 13.2 Å². The molecule has 0 saturated carbocycles. The molecule has 0 aromatic heterocycles. The molecular formula is C13H23Cl3O4Si. The number of alkyl halides is 3. The number of esters is 2. The van der Waals surface area contributed by atoms with E-state index in [1.807, 2.05) is 0 Å². The molecule has 0 bridgehead atoms. The minimum Gasteiger partial charge on any atom is -0.465 e. The van der Waals surface area contributed by atoms with Gasteiger partial charge in [0.2, 0.25) is 3.79 Å². The van der Waals surface area contributed by atoms with Gasteiger partial charge in [-0.3, -0.25) is 9.59 Å². The predicted octanol–water partition coefficient (Wildman–Crippen LogP) is 4.20. The molecule has 4 nitrogen and oxygen atoms in total. The van der Waals surface area contributed by atoms with Gasteiger partial charge in [0.1, 0.15) is 6.61 Å². The van der Waals surface area contributed by atoms with E-state index in [2.05, 4.69) is 19.6 Å². The lowest BCUT2D eigenvalue weighted by molar-refractivity contribution is -0.162. The highest BCUT2D eigenvalue weighted by molar-refractivity contribution is 6.76. The van der Waals surface area contributed by atoms with Gasteiger partial charge < -0.3 is 9.47 Å². The molecule has 0 rings (SSSR count). The van der Waals surface area contributed by atoms with Crippen LogP contribution in [0.4, 0.5) is 0 Å². The summed E-state index contributed by atoms with van der Waals surface area (Å²) in [5, 5.41) is 0. The smallest absolute Gasteiger partial charge is 0.320 e. The van der Waals surface area contributed by atoms with Crippen LogP contribution < -0.4 is 0 Å². The van der Waals surface area contributed by atoms with Crippen LogP contribution in [0.2, 0.25) is 25.7 Å². The lowest BCUT2D eigenvalue weighted by atomic mass is 10.0. The van der Waals surface area contributed by atoms with Gasteiger partial charge in [-0.2, -0.15) is 0 Å². The van der Waals surface area contributed by atoms with E-state index in [1.54, 1.807) is 6.92 Å². The second-order valence-corrected chi connectivity index (χ2v) is 14.1. The van der Waals surface area contributed by atoms with Crippen molar-refractivity contribution in [3.63, 3.8) is 0 Å². The van der Waals surface area contributed by atoms with Crippen LogP contribution in [0.1, 0.15) is 19.8 Å². The molecule has 0 radical (unpaired) electrons. The Morgan fingerprint density at radius 2 is 1.62 bits per heavy atom. The number of halogens is 3. The molecule has 124 valence electrons. The molecule has 8 heteroatoms. The SMILES string of the molecule is CCOC(=O)C(CCC[Si](C)(C)C)C(=O)OCC(Cl)(Cl)Cl. The highest BCUT2D eigenvalue weighted by Gasteiger charge is 2.32. The zero-order chi connectivity index (χ0) is 16.7. The van der Waals surface area contributed by atoms with Crippen molar-refractivity contribution in [1.82, 2.24) is 0 Å². The van der Waals surface area contributed by atoms with Crippen LogP contribution in [-0.4, -0.2) is 37.0 Å². The van der Waals surface area contributed by atoms with E-state index in [0.717, 1.165) is 12.5 Å². The third-order valence-corrected chi connectivity index (χ3v) is 4.83. The van der Waals surface area contributed by atoms with Crippen LogP contribution in [0.5, 0.6) is 0 Å². The van der Waals surface area contributed by atoms with E-state index in [4.69, 9.17) is 44.3 Å². The van der Waals surface area contributed by atoms with Crippen LogP contribution in [-0.2, 0) is 19.1 Å². The quantitative estimate of drug-likeness (QED) is 0.275. The summed E-state index contributed by atoms with van der Waals surface area (Å²) in [4.78, 5) is 23.8. The first kappa shape index (κ1) is 21.0. The summed E-state index contributed by atoms with van der Waals surface area (Å²) in [5.41, 5.74) is 0. The largest absolute Gasteiger partial charge is 0.465 e. The van der Waals surface area contributed by atoms with Crippen molar-refractivity contribution in [2.75, 3.05) is 13.2 Å². The fourth-order valence-corrected chi connectivity index (χ4v) is 3.09. The number of carbonyl (C=O) groups is 2. The van der Waals surface area contributed by atoms with Crippen molar-refractivity contribution in [2.45, 2.75) is 49.2 Å². The van der Waals surface area contributed by atoms with Crippen molar-refractivity contribution >= 4 is 54.8 Å². The number of hydrogen-bond acceptors (Lipinski definition) is 4. The monoisotopic (exact) mass is 376 g/mol. The molecule has 0 fully saturated rings. The first-order valence-corrected chi connectivity index (χ1v) is 11.7. The minimum atomic E-state index is -1.69. The number of ether oxygens (including phenoxy) is 2. The maximum atomic E-state index is 12.0. The zero-order valence-electron chi connectivity index (χ0n) is 12.9. The van der Waals surface area contributed by atoms with Crippen LogP contribution >= 0.6 is 34.8 Å². The lowest BCUT2D eigenvalue weighted by Crippen LogP contribution is -2.31. The van der Waals surface area contributed by atoms with Gasteiger partial charge in [0.25, 0.3) is 0 Å². The first-order chi connectivity index (χ1) is 9.46. The third kappa shape index (κ3) is 11.3. The Balaban J connectivity index is 4.58. The molecule has 0 N–H and O–H groups in total. The van der Waals surface area contributed by atoms with E-state index in [0.29, 0.717) is 6.42 Å². The van der Waals surface area contributed by atoms with Gasteiger partial charge in [0, 0.05) is 8.07 Å². The number of hydrogen-bond donors (Lipinski definition) is 0. The summed E-state index contributed by atoms with van der Waals surface area (Å²) < 4.78 is 8.12. The van der Waals surface area contributed by atoms with Gasteiger partial charge in [-0.1, -0.05) is 66.9 Å². The standard InChI is InChI=1S/C13H23Cl3O4Si/c1-5-19-11(17)10(7-6-8-21(2,3)4)12(18)20-9-13(14,15)16/h10H,5-9H2,1-4H3. The van der Waals surface area contributed by atoms with E-state index in [9.17, 15) is 9.59 Å². The van der Waals surface area contributed by atoms with E-state index >= 15 is 0 Å². The Labute approximate surface area is 142 Å². The van der Waals surface area contributed by atoms with Gasteiger partial charge >= 0.3 is 11.9 Å². The van der Waals surface area contributed by atoms with Gasteiger partial charge in [0.15, 0.2) is 5.92 Å². The fourth-order valence-electron chi connectivity index (χ4n) is 1.66. The lowest BCUT2D eigenvalue weighted by Gasteiger charge is -2.19. The molecule has 1 unspecified atom stereocenters. The van der Waals surface area contributed by atoms with Crippen molar-refractivity contribution < 1.29 is 19.1 Å². The Kier molecular flexibility index (Phi) is 9.24. The minimum absolute atomic E-state index is 0.209. The molecule has 1 atom stereocenters. The fraction of sp³-hybridized carbons (Fsp3) is 0.846. The molecule has 0 aliphatic rings. The molecule has 0 aromatic rings. The van der Waals surface area contributed by atoms with Crippen molar-refractivity contribution in [3.8, 4) is 0 Å². The van der Waals surface area contributed by atoms with Crippen LogP contribution in [0.15, 0.2) is 0 Å². The molecule has 0 saturated heterocycles. The summed E-state index contributed by atoms with van der Waals surface area (Å²) in [5.74, 6) is -2.23. The van der Waals surface area contributed by atoms with Crippen molar-refractivity contribution in [3.05, 3.63) is 0 Å². The normalized spacial score (nSPS) is 13.7. The average molecular weight is 378 g/mol. The molecule has 0 spiro atoms. The maximum absolute atomic E-state index is 12.0. The molecule has 0 aliphatic heterocycles. The Bertz CT molecular complexity index is 350. The highest BCUT2D eigenvalue weighted by Crippen LogP contribution is 2.27. The van der Waals surface area contributed by atoms with Crippen molar-refractivity contribution in [2.24, 2.45) is 5.92 Å². The predicted molar refractivity (Wildman–Crippen MR) is 88.8 cm³/mol. The molecule has 0 aliphatic carbocycles. The van der Waals surface area contributed by atoms with Crippen molar-refractivity contribution in [1.29, 1.82) is 0 Å². The van der Waals surface area contributed by atoms with Crippen LogP contribution in [0.3, 0.4) is 0 Å². The van der Waals surface area contributed by atoms with Gasteiger partial charge in [-0.05, 0) is 13.3 Å². The molecule has 0 aromatic carbocycles. The van der Waals surface area contributed by atoms with Gasteiger partial charge in [-0.25, -0.2) is 0 Å². The van der Waals surface area contributed by atoms with Gasteiger partial charge in [0.05, 0.1) is 6.61 Å². The Morgan fingerprint density at radius 1 is 1.10 bits per heavy atom. The molecule has 0 amide bonds. The number of carbonyl (C=O) groups excluding carboxylic acids is 2. The third-order valence-electron chi connectivity index (χ3n) is 2.65. The number of rotatable bonds is 8. The van der Waals surface area contributed by atoms with E-state index in [1.165, 1.54) is 0 Å². The summed E-state index contributed by atoms with van der Waals surface area (Å²) >= 11 is 16.6. The highest BCUT2D eigenvalue weighted by atomic mass is 35.6. The summed E-state index contributed by atoms with van der Waals surface area (Å²) in [7, 11) is -1.23. The van der Waals surface area contributed by atoms with Crippen LogP contribution in [0.25, 0.3) is 0 Å². The average Bonchev–Trinajstić information content (AvgIpc) is 2.29. The second kappa shape index (κ2) is 9.23. The van der Waals surface area contributed by atoms with Crippen LogP contribution in [0, 0.1) is 5.92 Å². The summed E-state index contributed by atoms with van der Waals surface area (Å²) in [6.45, 7) is 8.19. The maximum Gasteiger partial charge on any atom is 0.320 e. The summed E-state index contributed by atoms with van der Waals surface area (Å²) in [6.07, 6.45) is 1.16.